The summed E-state index contributed by atoms with van der Waals surface area (Å²) in [5.74, 6) is 0.111. The fraction of sp³-hybridized carbons (Fsp3) is 0.588. The normalized spacial score (nSPS) is 17.5. The van der Waals surface area contributed by atoms with Crippen molar-refractivity contribution in [2.75, 3.05) is 32.8 Å². The van der Waals surface area contributed by atoms with Gasteiger partial charge in [0.15, 0.2) is 0 Å². The van der Waals surface area contributed by atoms with Crippen molar-refractivity contribution in [3.05, 3.63) is 34.9 Å². The minimum absolute atomic E-state index is 0.111. The summed E-state index contributed by atoms with van der Waals surface area (Å²) in [6.45, 7) is 8.78. The van der Waals surface area contributed by atoms with Crippen molar-refractivity contribution < 1.29 is 9.53 Å². The molecule has 0 radical (unpaired) electrons. The third-order valence-electron chi connectivity index (χ3n) is 3.92. The van der Waals surface area contributed by atoms with Gasteiger partial charge in [-0.3, -0.25) is 9.69 Å². The van der Waals surface area contributed by atoms with Crippen LogP contribution in [0, 0.1) is 0 Å². The number of hydrogen-bond acceptors (Lipinski definition) is 3. The molecule has 0 aliphatic carbocycles. The number of piperazine rings is 1. The van der Waals surface area contributed by atoms with Crippen LogP contribution in [0.5, 0.6) is 0 Å². The molecule has 0 saturated carbocycles. The van der Waals surface area contributed by atoms with E-state index in [2.05, 4.69) is 17.0 Å². The van der Waals surface area contributed by atoms with Gasteiger partial charge >= 0.3 is 0 Å². The SMILES string of the molecule is CCCOC(C)C(=O)N1CCN(Cc2ccc(Cl)cc2)CC1. The number of carbonyl (C=O) groups excluding carboxylic acids is 1. The Morgan fingerprint density at radius 2 is 1.86 bits per heavy atom. The number of carbonyl (C=O) groups is 1. The topological polar surface area (TPSA) is 32.8 Å². The number of hydrogen-bond donors (Lipinski definition) is 0. The quantitative estimate of drug-likeness (QED) is 0.806. The van der Waals surface area contributed by atoms with E-state index in [9.17, 15) is 4.79 Å². The molecular formula is C17H25ClN2O2. The molecule has 1 saturated heterocycles. The first-order valence-electron chi connectivity index (χ1n) is 7.97. The minimum Gasteiger partial charge on any atom is -0.369 e. The largest absolute Gasteiger partial charge is 0.369 e. The lowest BCUT2D eigenvalue weighted by Gasteiger charge is -2.35. The predicted molar refractivity (Wildman–Crippen MR) is 89.0 cm³/mol. The van der Waals surface area contributed by atoms with Crippen LogP contribution >= 0.6 is 11.6 Å². The van der Waals surface area contributed by atoms with Crippen LogP contribution in [0.25, 0.3) is 0 Å². The van der Waals surface area contributed by atoms with Crippen LogP contribution in [-0.4, -0.2) is 54.6 Å². The van der Waals surface area contributed by atoms with E-state index in [0.717, 1.165) is 44.2 Å². The van der Waals surface area contributed by atoms with Crippen molar-refractivity contribution in [1.82, 2.24) is 9.80 Å². The molecule has 1 fully saturated rings. The summed E-state index contributed by atoms with van der Waals surface area (Å²) in [7, 11) is 0. The van der Waals surface area contributed by atoms with Crippen molar-refractivity contribution in [3.8, 4) is 0 Å². The maximum Gasteiger partial charge on any atom is 0.251 e. The third-order valence-corrected chi connectivity index (χ3v) is 4.18. The average molecular weight is 325 g/mol. The molecule has 0 aromatic heterocycles. The molecule has 1 aromatic carbocycles. The number of benzene rings is 1. The second-order valence-electron chi connectivity index (χ2n) is 5.74. The maximum absolute atomic E-state index is 12.3. The van der Waals surface area contributed by atoms with Crippen molar-refractivity contribution in [3.63, 3.8) is 0 Å². The zero-order valence-electron chi connectivity index (χ0n) is 13.4. The van der Waals surface area contributed by atoms with Crippen LogP contribution in [0.1, 0.15) is 25.8 Å². The van der Waals surface area contributed by atoms with Crippen molar-refractivity contribution >= 4 is 17.5 Å². The van der Waals surface area contributed by atoms with Crippen LogP contribution in [0.15, 0.2) is 24.3 Å². The van der Waals surface area contributed by atoms with Gasteiger partial charge < -0.3 is 9.64 Å². The fourth-order valence-corrected chi connectivity index (χ4v) is 2.72. The van der Waals surface area contributed by atoms with Gasteiger partial charge in [-0.05, 0) is 31.0 Å². The number of halogens is 1. The van der Waals surface area contributed by atoms with Crippen molar-refractivity contribution in [1.29, 1.82) is 0 Å². The Bertz CT molecular complexity index is 470. The third kappa shape index (κ3) is 4.97. The Kier molecular flexibility index (Phi) is 6.68. The zero-order valence-corrected chi connectivity index (χ0v) is 14.2. The molecule has 1 aliphatic rings. The highest BCUT2D eigenvalue weighted by Gasteiger charge is 2.25. The second-order valence-corrected chi connectivity index (χ2v) is 6.18. The first-order valence-corrected chi connectivity index (χ1v) is 8.35. The second kappa shape index (κ2) is 8.51. The van der Waals surface area contributed by atoms with Gasteiger partial charge in [0, 0.05) is 44.4 Å². The molecular weight excluding hydrogens is 300 g/mol. The van der Waals surface area contributed by atoms with E-state index in [1.54, 1.807) is 0 Å². The molecule has 1 amide bonds. The molecule has 0 bridgehead atoms. The van der Waals surface area contributed by atoms with E-state index in [4.69, 9.17) is 16.3 Å². The molecule has 1 unspecified atom stereocenters. The summed E-state index contributed by atoms with van der Waals surface area (Å²) >= 11 is 5.90. The highest BCUT2D eigenvalue weighted by molar-refractivity contribution is 6.30. The van der Waals surface area contributed by atoms with Gasteiger partial charge in [-0.15, -0.1) is 0 Å². The van der Waals surface area contributed by atoms with E-state index in [1.807, 2.05) is 30.9 Å². The molecule has 22 heavy (non-hydrogen) atoms. The number of nitrogens with zero attached hydrogens (tertiary/aromatic N) is 2. The molecule has 0 N–H and O–H groups in total. The monoisotopic (exact) mass is 324 g/mol. The molecule has 5 heteroatoms. The van der Waals surface area contributed by atoms with Gasteiger partial charge in [0.25, 0.3) is 5.91 Å². The van der Waals surface area contributed by atoms with E-state index >= 15 is 0 Å². The minimum atomic E-state index is -0.331. The van der Waals surface area contributed by atoms with Crippen LogP contribution in [0.4, 0.5) is 0 Å². The Morgan fingerprint density at radius 3 is 2.45 bits per heavy atom. The van der Waals surface area contributed by atoms with Crippen LogP contribution < -0.4 is 0 Å². The Balaban J connectivity index is 1.77. The van der Waals surface area contributed by atoms with E-state index in [-0.39, 0.29) is 12.0 Å². The van der Waals surface area contributed by atoms with E-state index in [0.29, 0.717) is 6.61 Å². The number of rotatable bonds is 6. The van der Waals surface area contributed by atoms with Gasteiger partial charge in [0.2, 0.25) is 0 Å². The van der Waals surface area contributed by atoms with Gasteiger partial charge in [-0.1, -0.05) is 30.7 Å². The first-order chi connectivity index (χ1) is 10.6. The van der Waals surface area contributed by atoms with E-state index in [1.165, 1.54) is 5.56 Å². The highest BCUT2D eigenvalue weighted by atomic mass is 35.5. The summed E-state index contributed by atoms with van der Waals surface area (Å²) in [4.78, 5) is 16.6. The van der Waals surface area contributed by atoms with Gasteiger partial charge in [0.05, 0.1) is 0 Å². The standard InChI is InChI=1S/C17H25ClN2O2/c1-3-12-22-14(2)17(21)20-10-8-19(9-11-20)13-15-4-6-16(18)7-5-15/h4-7,14H,3,8-13H2,1-2H3. The lowest BCUT2D eigenvalue weighted by Crippen LogP contribution is -2.51. The molecule has 1 aliphatic heterocycles. The molecule has 1 atom stereocenters. The molecule has 2 rings (SSSR count). The summed E-state index contributed by atoms with van der Waals surface area (Å²) < 4.78 is 5.52. The lowest BCUT2D eigenvalue weighted by atomic mass is 10.2. The van der Waals surface area contributed by atoms with Gasteiger partial charge in [-0.25, -0.2) is 0 Å². The predicted octanol–water partition coefficient (Wildman–Crippen LogP) is 2.80. The molecule has 1 aromatic rings. The summed E-state index contributed by atoms with van der Waals surface area (Å²) in [6, 6.07) is 7.95. The summed E-state index contributed by atoms with van der Waals surface area (Å²) in [5.41, 5.74) is 1.25. The van der Waals surface area contributed by atoms with Gasteiger partial charge in [-0.2, -0.15) is 0 Å². The first kappa shape index (κ1) is 17.3. The Labute approximate surface area is 138 Å². The highest BCUT2D eigenvalue weighted by Crippen LogP contribution is 2.13. The zero-order chi connectivity index (χ0) is 15.9. The van der Waals surface area contributed by atoms with E-state index < -0.39 is 0 Å². The molecule has 0 spiro atoms. The lowest BCUT2D eigenvalue weighted by molar-refractivity contribution is -0.144. The summed E-state index contributed by atoms with van der Waals surface area (Å²) in [6.07, 6.45) is 0.606. The average Bonchev–Trinajstić information content (AvgIpc) is 2.55. The Morgan fingerprint density at radius 1 is 1.23 bits per heavy atom. The van der Waals surface area contributed by atoms with Crippen LogP contribution in [-0.2, 0) is 16.1 Å². The summed E-state index contributed by atoms with van der Waals surface area (Å²) in [5, 5.41) is 0.764. The maximum atomic E-state index is 12.3. The van der Waals surface area contributed by atoms with Crippen molar-refractivity contribution in [2.24, 2.45) is 0 Å². The molecule has 1 heterocycles. The number of ether oxygens (including phenoxy) is 1. The number of amides is 1. The smallest absolute Gasteiger partial charge is 0.251 e. The van der Waals surface area contributed by atoms with Gasteiger partial charge in [0.1, 0.15) is 6.10 Å². The van der Waals surface area contributed by atoms with Crippen LogP contribution in [0.3, 0.4) is 0 Å². The van der Waals surface area contributed by atoms with Crippen molar-refractivity contribution in [2.45, 2.75) is 32.9 Å². The fourth-order valence-electron chi connectivity index (χ4n) is 2.60. The molecule has 4 nitrogen and oxygen atoms in total. The van der Waals surface area contributed by atoms with Crippen LogP contribution in [0.2, 0.25) is 5.02 Å². The molecule has 122 valence electrons. The Hall–Kier alpha value is -1.10.